The maximum absolute atomic E-state index is 13.7. The number of hydrogen-bond donors (Lipinski definition) is 1. The molecule has 41 heavy (non-hydrogen) atoms. The Balaban J connectivity index is 1.36. The number of piperidine rings is 1. The van der Waals surface area contributed by atoms with E-state index < -0.39 is 16.2 Å². The summed E-state index contributed by atoms with van der Waals surface area (Å²) < 4.78 is 39.9. The molecule has 1 fully saturated rings. The second-order valence-corrected chi connectivity index (χ2v) is 15.8. The number of aryl methyl sites for hydroxylation is 1. The van der Waals surface area contributed by atoms with Gasteiger partial charge in [0.15, 0.2) is 5.78 Å². The zero-order chi connectivity index (χ0) is 29.4. The third-order valence-electron chi connectivity index (χ3n) is 8.78. The number of nitrogens with one attached hydrogen (secondary N) is 1. The highest BCUT2D eigenvalue weighted by atomic mass is 32.2. The number of halogens is 1. The Morgan fingerprint density at radius 2 is 1.93 bits per heavy atom. The first-order valence-corrected chi connectivity index (χ1v) is 17.4. The number of benzene rings is 1. The third-order valence-corrected chi connectivity index (χ3v) is 10.5. The minimum Gasteiger partial charge on any atom is -0.303 e. The molecule has 2 atom stereocenters. The van der Waals surface area contributed by atoms with Gasteiger partial charge in [-0.05, 0) is 97.7 Å². The van der Waals surface area contributed by atoms with E-state index in [1.807, 2.05) is 24.3 Å². The number of ketones is 1. The second kappa shape index (κ2) is 12.1. The molecule has 3 heterocycles. The third kappa shape index (κ3) is 7.73. The summed E-state index contributed by atoms with van der Waals surface area (Å²) in [6, 6.07) is 11.6. The molecule has 222 valence electrons. The number of alkyl halides is 1. The van der Waals surface area contributed by atoms with Crippen LogP contribution in [0, 0.1) is 11.3 Å². The van der Waals surface area contributed by atoms with Crippen molar-refractivity contribution < 1.29 is 17.6 Å². The summed E-state index contributed by atoms with van der Waals surface area (Å²) in [6.45, 7) is 9.14. The molecule has 9 heteroatoms. The highest BCUT2D eigenvalue weighted by molar-refractivity contribution is 7.92. The van der Waals surface area contributed by atoms with E-state index in [9.17, 15) is 17.6 Å². The van der Waals surface area contributed by atoms with Crippen LogP contribution in [0.3, 0.4) is 0 Å². The van der Waals surface area contributed by atoms with E-state index >= 15 is 0 Å². The number of carbonyl (C=O) groups is 1. The van der Waals surface area contributed by atoms with Gasteiger partial charge >= 0.3 is 0 Å². The number of hydrogen-bond acceptors (Lipinski definition) is 6. The second-order valence-electron chi connectivity index (χ2n) is 13.0. The lowest BCUT2D eigenvalue weighted by atomic mass is 9.71. The highest BCUT2D eigenvalue weighted by Crippen LogP contribution is 2.39. The van der Waals surface area contributed by atoms with Gasteiger partial charge in [-0.25, -0.2) is 17.8 Å². The molecule has 3 aromatic rings. The quantitative estimate of drug-likeness (QED) is 0.268. The first-order valence-electron chi connectivity index (χ1n) is 14.7. The molecular formula is C32H42FN3O3S2. The normalized spacial score (nSPS) is 19.7. The van der Waals surface area contributed by atoms with Crippen LogP contribution in [0.15, 0.2) is 36.4 Å². The van der Waals surface area contributed by atoms with E-state index in [0.29, 0.717) is 30.9 Å². The number of sulfonamides is 1. The van der Waals surface area contributed by atoms with Gasteiger partial charge in [-0.3, -0.25) is 9.52 Å². The number of fused-ring (bicyclic) bond motifs is 2. The van der Waals surface area contributed by atoms with E-state index in [-0.39, 0.29) is 17.1 Å². The Hall–Kier alpha value is -2.36. The minimum absolute atomic E-state index is 0.0764. The summed E-state index contributed by atoms with van der Waals surface area (Å²) in [6.07, 6.45) is 5.70. The van der Waals surface area contributed by atoms with Crippen molar-refractivity contribution in [2.45, 2.75) is 77.8 Å². The van der Waals surface area contributed by atoms with E-state index in [0.717, 1.165) is 72.2 Å². The molecule has 1 aliphatic carbocycles. The minimum atomic E-state index is -3.42. The summed E-state index contributed by atoms with van der Waals surface area (Å²) in [5.41, 5.74) is 4.16. The predicted octanol–water partition coefficient (Wildman–Crippen LogP) is 7.00. The summed E-state index contributed by atoms with van der Waals surface area (Å²) in [5.74, 6) is 0.608. The summed E-state index contributed by atoms with van der Waals surface area (Å²) in [5, 5.41) is 1.04. The van der Waals surface area contributed by atoms with Gasteiger partial charge in [-0.1, -0.05) is 32.9 Å². The van der Waals surface area contributed by atoms with Gasteiger partial charge < -0.3 is 4.90 Å². The fraction of sp³-hybridized carbons (Fsp3) is 0.562. The SMILES string of the molecule is CC(C)(C)[C@H]1CCc2nc3sc(C(=O)C[C@H](CCN4CCC(F)CC4)c4cccc(NS(C)(=O)=O)c4)cc3cc2C1. The van der Waals surface area contributed by atoms with E-state index in [4.69, 9.17) is 4.98 Å². The van der Waals surface area contributed by atoms with Crippen LogP contribution in [0.2, 0.25) is 0 Å². The number of anilines is 1. The zero-order valence-electron chi connectivity index (χ0n) is 24.6. The number of pyridine rings is 1. The van der Waals surface area contributed by atoms with Crippen molar-refractivity contribution >= 4 is 43.0 Å². The Labute approximate surface area is 247 Å². The predicted molar refractivity (Wildman–Crippen MR) is 166 cm³/mol. The van der Waals surface area contributed by atoms with Crippen molar-refractivity contribution in [1.29, 1.82) is 0 Å². The van der Waals surface area contributed by atoms with Gasteiger partial charge in [-0.2, -0.15) is 0 Å². The van der Waals surface area contributed by atoms with Gasteiger partial charge in [0, 0.05) is 36.3 Å². The van der Waals surface area contributed by atoms with Crippen LogP contribution in [-0.4, -0.2) is 56.1 Å². The van der Waals surface area contributed by atoms with Crippen molar-refractivity contribution in [1.82, 2.24) is 9.88 Å². The molecule has 0 radical (unpaired) electrons. The lowest BCUT2D eigenvalue weighted by Crippen LogP contribution is -2.35. The maximum Gasteiger partial charge on any atom is 0.229 e. The number of thiophene rings is 1. The van der Waals surface area contributed by atoms with Crippen LogP contribution in [0.5, 0.6) is 0 Å². The maximum atomic E-state index is 13.7. The van der Waals surface area contributed by atoms with Gasteiger partial charge in [0.2, 0.25) is 10.0 Å². The molecule has 1 aliphatic heterocycles. The Bertz CT molecular complexity index is 1500. The molecule has 0 bridgehead atoms. The average Bonchev–Trinajstić information content (AvgIpc) is 3.32. The monoisotopic (exact) mass is 599 g/mol. The first kappa shape index (κ1) is 30.1. The number of rotatable bonds is 9. The zero-order valence-corrected chi connectivity index (χ0v) is 26.2. The lowest BCUT2D eigenvalue weighted by molar-refractivity contribution is 0.0971. The lowest BCUT2D eigenvalue weighted by Gasteiger charge is -2.34. The highest BCUT2D eigenvalue weighted by Gasteiger charge is 2.30. The number of carbonyl (C=O) groups excluding carboxylic acids is 1. The smallest absolute Gasteiger partial charge is 0.229 e. The Morgan fingerprint density at radius 3 is 2.63 bits per heavy atom. The Kier molecular flexibility index (Phi) is 8.88. The molecule has 0 amide bonds. The van der Waals surface area contributed by atoms with Crippen molar-refractivity contribution in [3.63, 3.8) is 0 Å². The standard InChI is InChI=1S/C32H42FN3O3S2/c1-32(2,3)25-8-9-28-23(17-25)16-24-20-30(40-31(24)34-28)29(37)19-22(10-13-36-14-11-26(33)12-15-36)21-6-5-7-27(18-21)35-41(4,38)39/h5-7,16,18,20,22,25-26,35H,8-15,17,19H2,1-4H3/t22-,25-/m0/s1. The molecule has 0 spiro atoms. The molecule has 6 nitrogen and oxygen atoms in total. The van der Waals surface area contributed by atoms with Crippen LogP contribution in [0.1, 0.15) is 85.3 Å². The van der Waals surface area contributed by atoms with Gasteiger partial charge in [0.25, 0.3) is 0 Å². The number of likely N-dealkylation sites (tertiary alicyclic amines) is 1. The summed E-state index contributed by atoms with van der Waals surface area (Å²) in [7, 11) is -3.42. The van der Waals surface area contributed by atoms with Gasteiger partial charge in [-0.15, -0.1) is 11.3 Å². The number of aromatic nitrogens is 1. The molecule has 5 rings (SSSR count). The average molecular weight is 600 g/mol. The molecule has 2 aliphatic rings. The Morgan fingerprint density at radius 1 is 1.17 bits per heavy atom. The van der Waals surface area contributed by atoms with Crippen LogP contribution >= 0.6 is 11.3 Å². The van der Waals surface area contributed by atoms with Gasteiger partial charge in [0.1, 0.15) is 11.0 Å². The van der Waals surface area contributed by atoms with Crippen molar-refractivity contribution in [3.05, 3.63) is 58.1 Å². The van der Waals surface area contributed by atoms with Crippen LogP contribution in [0.25, 0.3) is 10.2 Å². The van der Waals surface area contributed by atoms with E-state index in [1.165, 1.54) is 22.6 Å². The largest absolute Gasteiger partial charge is 0.303 e. The molecule has 2 aromatic heterocycles. The van der Waals surface area contributed by atoms with Crippen LogP contribution in [-0.2, 0) is 22.9 Å². The van der Waals surface area contributed by atoms with Gasteiger partial charge in [0.05, 0.1) is 11.1 Å². The van der Waals surface area contributed by atoms with Crippen LogP contribution < -0.4 is 4.72 Å². The van der Waals surface area contributed by atoms with Crippen molar-refractivity contribution in [3.8, 4) is 0 Å². The molecule has 0 unspecified atom stereocenters. The molecular weight excluding hydrogens is 558 g/mol. The fourth-order valence-corrected chi connectivity index (χ4v) is 7.78. The van der Waals surface area contributed by atoms with Crippen LogP contribution in [0.4, 0.5) is 10.1 Å². The first-order chi connectivity index (χ1) is 19.3. The fourth-order valence-electron chi connectivity index (χ4n) is 6.24. The molecule has 1 saturated heterocycles. The summed E-state index contributed by atoms with van der Waals surface area (Å²) >= 11 is 1.47. The molecule has 1 N–H and O–H groups in total. The summed E-state index contributed by atoms with van der Waals surface area (Å²) in [4.78, 5) is 22.6. The van der Waals surface area contributed by atoms with E-state index in [2.05, 4.69) is 36.5 Å². The number of nitrogens with zero attached hydrogens (tertiary/aromatic N) is 2. The topological polar surface area (TPSA) is 79.4 Å². The van der Waals surface area contributed by atoms with E-state index in [1.54, 1.807) is 6.07 Å². The van der Waals surface area contributed by atoms with Crippen molar-refractivity contribution in [2.75, 3.05) is 30.6 Å². The molecule has 0 saturated carbocycles. The van der Waals surface area contributed by atoms with Crippen molar-refractivity contribution in [2.24, 2.45) is 11.3 Å². The molecule has 1 aromatic carbocycles. The number of Topliss-reactive ketones (excluding diaryl/α,β-unsaturated/α-hetero) is 1.